The molecule has 1 saturated carbocycles. The number of nitrogens with zero attached hydrogens (tertiary/aromatic N) is 1. The first-order valence-electron chi connectivity index (χ1n) is 6.53. The second kappa shape index (κ2) is 4.39. The molecule has 92 valence electrons. The molecule has 2 aliphatic carbocycles. The lowest BCUT2D eigenvalue weighted by Crippen LogP contribution is -2.42. The summed E-state index contributed by atoms with van der Waals surface area (Å²) >= 11 is 0. The Labute approximate surface area is 102 Å². The molecule has 1 aromatic heterocycles. The van der Waals surface area contributed by atoms with Gasteiger partial charge in [0, 0.05) is 31.0 Å². The Balaban J connectivity index is 1.81. The second-order valence-corrected chi connectivity index (χ2v) is 5.31. The molecule has 1 heterocycles. The van der Waals surface area contributed by atoms with Crippen molar-refractivity contribution in [3.8, 4) is 0 Å². The van der Waals surface area contributed by atoms with Crippen LogP contribution in [0, 0.1) is 5.92 Å². The van der Waals surface area contributed by atoms with Crippen LogP contribution in [0.2, 0.25) is 0 Å². The largest absolute Gasteiger partial charge is 0.380 e. The molecule has 3 nitrogen and oxygen atoms in total. The van der Waals surface area contributed by atoms with Crippen molar-refractivity contribution in [2.24, 2.45) is 11.7 Å². The van der Waals surface area contributed by atoms with Gasteiger partial charge in [0.05, 0.1) is 6.10 Å². The van der Waals surface area contributed by atoms with E-state index in [0.29, 0.717) is 11.8 Å². The number of fused-ring (bicyclic) bond motifs is 1. The average Bonchev–Trinajstić information content (AvgIpc) is 3.09. The Morgan fingerprint density at radius 3 is 2.94 bits per heavy atom. The van der Waals surface area contributed by atoms with Crippen LogP contribution in [0.4, 0.5) is 0 Å². The first-order valence-corrected chi connectivity index (χ1v) is 6.53. The molecule has 3 rings (SSSR count). The summed E-state index contributed by atoms with van der Waals surface area (Å²) in [4.78, 5) is 4.52. The maximum Gasteiger partial charge on any atom is 0.0756 e. The predicted octanol–water partition coefficient (Wildman–Crippen LogP) is 1.86. The molecule has 2 aliphatic rings. The van der Waals surface area contributed by atoms with E-state index < -0.39 is 0 Å². The monoisotopic (exact) mass is 232 g/mol. The Hall–Kier alpha value is -0.930. The van der Waals surface area contributed by atoms with Crippen LogP contribution in [0.5, 0.6) is 0 Å². The highest BCUT2D eigenvalue weighted by atomic mass is 16.5. The van der Waals surface area contributed by atoms with Crippen LogP contribution in [0.1, 0.15) is 36.4 Å². The first kappa shape index (κ1) is 11.2. The third-order valence-corrected chi connectivity index (χ3v) is 4.20. The van der Waals surface area contributed by atoms with Crippen LogP contribution in [-0.2, 0) is 11.2 Å². The van der Waals surface area contributed by atoms with Crippen molar-refractivity contribution in [2.45, 2.75) is 43.7 Å². The van der Waals surface area contributed by atoms with E-state index >= 15 is 0 Å². The molecule has 2 N–H and O–H groups in total. The number of aromatic nitrogens is 1. The van der Waals surface area contributed by atoms with Gasteiger partial charge in [-0.15, -0.1) is 0 Å². The number of methoxy groups -OCH3 is 1. The SMILES string of the molecule is COC(C1CC1)C(N)C1CCc2cccnc21. The summed E-state index contributed by atoms with van der Waals surface area (Å²) in [5.74, 6) is 1.07. The topological polar surface area (TPSA) is 48.1 Å². The summed E-state index contributed by atoms with van der Waals surface area (Å²) in [5, 5.41) is 0. The van der Waals surface area contributed by atoms with Crippen LogP contribution in [0.3, 0.4) is 0 Å². The Morgan fingerprint density at radius 1 is 1.41 bits per heavy atom. The van der Waals surface area contributed by atoms with Crippen molar-refractivity contribution in [3.05, 3.63) is 29.6 Å². The molecule has 0 aromatic carbocycles. The average molecular weight is 232 g/mol. The van der Waals surface area contributed by atoms with Crippen LogP contribution in [0.25, 0.3) is 0 Å². The smallest absolute Gasteiger partial charge is 0.0756 e. The fourth-order valence-electron chi connectivity index (χ4n) is 3.14. The Bertz CT molecular complexity index is 403. The van der Waals surface area contributed by atoms with Crippen molar-refractivity contribution < 1.29 is 4.74 Å². The molecule has 3 heteroatoms. The van der Waals surface area contributed by atoms with Crippen molar-refractivity contribution >= 4 is 0 Å². The predicted molar refractivity (Wildman–Crippen MR) is 66.8 cm³/mol. The highest BCUT2D eigenvalue weighted by Crippen LogP contribution is 2.41. The van der Waals surface area contributed by atoms with Crippen LogP contribution in [-0.4, -0.2) is 24.2 Å². The minimum atomic E-state index is 0.101. The second-order valence-electron chi connectivity index (χ2n) is 5.31. The summed E-state index contributed by atoms with van der Waals surface area (Å²) in [6.07, 6.45) is 6.88. The van der Waals surface area contributed by atoms with Crippen LogP contribution in [0.15, 0.2) is 18.3 Å². The number of rotatable bonds is 4. The van der Waals surface area contributed by atoms with Crippen molar-refractivity contribution in [1.82, 2.24) is 4.98 Å². The fraction of sp³-hybridized carbons (Fsp3) is 0.643. The zero-order valence-corrected chi connectivity index (χ0v) is 10.3. The number of hydrogen-bond donors (Lipinski definition) is 1. The lowest BCUT2D eigenvalue weighted by atomic mass is 9.91. The molecule has 0 amide bonds. The Kier molecular flexibility index (Phi) is 2.89. The van der Waals surface area contributed by atoms with E-state index in [-0.39, 0.29) is 12.1 Å². The van der Waals surface area contributed by atoms with Gasteiger partial charge in [-0.1, -0.05) is 6.07 Å². The number of pyridine rings is 1. The van der Waals surface area contributed by atoms with Gasteiger partial charge >= 0.3 is 0 Å². The first-order chi connectivity index (χ1) is 8.31. The van der Waals surface area contributed by atoms with Crippen molar-refractivity contribution in [3.63, 3.8) is 0 Å². The van der Waals surface area contributed by atoms with E-state index in [2.05, 4.69) is 11.1 Å². The van der Waals surface area contributed by atoms with Crippen molar-refractivity contribution in [2.75, 3.05) is 7.11 Å². The normalized spacial score (nSPS) is 26.6. The quantitative estimate of drug-likeness (QED) is 0.862. The Morgan fingerprint density at radius 2 is 2.24 bits per heavy atom. The van der Waals surface area contributed by atoms with Gasteiger partial charge in [0.1, 0.15) is 0 Å². The summed E-state index contributed by atoms with van der Waals surface area (Å²) in [5.41, 5.74) is 9.01. The molecule has 0 saturated heterocycles. The van der Waals surface area contributed by atoms with E-state index in [4.69, 9.17) is 10.5 Å². The third-order valence-electron chi connectivity index (χ3n) is 4.20. The van der Waals surface area contributed by atoms with Gasteiger partial charge < -0.3 is 10.5 Å². The van der Waals surface area contributed by atoms with Gasteiger partial charge in [-0.25, -0.2) is 0 Å². The molecule has 3 atom stereocenters. The minimum absolute atomic E-state index is 0.101. The zero-order valence-electron chi connectivity index (χ0n) is 10.3. The lowest BCUT2D eigenvalue weighted by Gasteiger charge is -2.27. The van der Waals surface area contributed by atoms with Gasteiger partial charge in [-0.2, -0.15) is 0 Å². The van der Waals surface area contributed by atoms with E-state index in [0.717, 1.165) is 12.8 Å². The number of hydrogen-bond acceptors (Lipinski definition) is 3. The zero-order chi connectivity index (χ0) is 11.8. The molecule has 17 heavy (non-hydrogen) atoms. The maximum atomic E-state index is 6.42. The van der Waals surface area contributed by atoms with Gasteiger partial charge in [0.25, 0.3) is 0 Å². The van der Waals surface area contributed by atoms with E-state index in [1.807, 2.05) is 12.3 Å². The van der Waals surface area contributed by atoms with Gasteiger partial charge in [0.15, 0.2) is 0 Å². The molecule has 0 spiro atoms. The highest BCUT2D eigenvalue weighted by molar-refractivity contribution is 5.30. The molecular formula is C14H20N2O. The number of aryl methyl sites for hydroxylation is 1. The number of nitrogens with two attached hydrogens (primary N) is 1. The van der Waals surface area contributed by atoms with Gasteiger partial charge in [0.2, 0.25) is 0 Å². The molecule has 0 bridgehead atoms. The van der Waals surface area contributed by atoms with Crippen molar-refractivity contribution in [1.29, 1.82) is 0 Å². The summed E-state index contributed by atoms with van der Waals surface area (Å²) in [6, 6.07) is 4.29. The maximum absolute atomic E-state index is 6.42. The summed E-state index contributed by atoms with van der Waals surface area (Å²) in [7, 11) is 1.79. The molecular weight excluding hydrogens is 212 g/mol. The standard InChI is InChI=1S/C14H20N2O/c1-17-14(10-4-5-10)12(15)11-7-6-9-3-2-8-16-13(9)11/h2-3,8,10-12,14H,4-7,15H2,1H3. The molecule has 1 aromatic rings. The van der Waals surface area contributed by atoms with Gasteiger partial charge in [-0.05, 0) is 43.2 Å². The lowest BCUT2D eigenvalue weighted by molar-refractivity contribution is 0.0543. The van der Waals surface area contributed by atoms with E-state index in [1.165, 1.54) is 24.1 Å². The van der Waals surface area contributed by atoms with Crippen LogP contribution < -0.4 is 5.73 Å². The third kappa shape index (κ3) is 1.98. The van der Waals surface area contributed by atoms with Crippen LogP contribution >= 0.6 is 0 Å². The van der Waals surface area contributed by atoms with Gasteiger partial charge in [-0.3, -0.25) is 4.98 Å². The number of ether oxygens (including phenoxy) is 1. The molecule has 1 fully saturated rings. The van der Waals surface area contributed by atoms with E-state index in [1.54, 1.807) is 7.11 Å². The summed E-state index contributed by atoms with van der Waals surface area (Å²) < 4.78 is 5.61. The molecule has 0 radical (unpaired) electrons. The van der Waals surface area contributed by atoms with E-state index in [9.17, 15) is 0 Å². The minimum Gasteiger partial charge on any atom is -0.380 e. The summed E-state index contributed by atoms with van der Waals surface area (Å²) in [6.45, 7) is 0. The fourth-order valence-corrected chi connectivity index (χ4v) is 3.14. The molecule has 0 aliphatic heterocycles. The molecule has 3 unspecified atom stereocenters. The highest BCUT2D eigenvalue weighted by Gasteiger charge is 2.41.